The molecular formula is C17H26N2O5. The molecule has 0 unspecified atom stereocenters. The second-order valence-electron chi connectivity index (χ2n) is 8.26. The number of hydrogen-bond acceptors (Lipinski definition) is 4. The van der Waals surface area contributed by atoms with Gasteiger partial charge in [-0.15, -0.1) is 0 Å². The van der Waals surface area contributed by atoms with Crippen molar-refractivity contribution < 1.29 is 24.2 Å². The number of ether oxygens (including phenoxy) is 1. The van der Waals surface area contributed by atoms with Gasteiger partial charge >= 0.3 is 12.1 Å². The highest BCUT2D eigenvalue weighted by atomic mass is 16.6. The zero-order valence-corrected chi connectivity index (χ0v) is 14.4. The van der Waals surface area contributed by atoms with Crippen LogP contribution in [-0.2, 0) is 14.3 Å². The van der Waals surface area contributed by atoms with E-state index in [1.807, 2.05) is 0 Å². The Hall–Kier alpha value is -1.79. The van der Waals surface area contributed by atoms with Gasteiger partial charge in [0.05, 0.1) is 0 Å². The highest BCUT2D eigenvalue weighted by Gasteiger charge is 2.51. The van der Waals surface area contributed by atoms with Crippen LogP contribution >= 0.6 is 0 Å². The van der Waals surface area contributed by atoms with E-state index in [2.05, 4.69) is 5.32 Å². The van der Waals surface area contributed by atoms with Gasteiger partial charge in [0, 0.05) is 6.04 Å². The van der Waals surface area contributed by atoms with Crippen molar-refractivity contribution in [2.45, 2.75) is 76.6 Å². The summed E-state index contributed by atoms with van der Waals surface area (Å²) in [6, 6.07) is -1.49. The zero-order chi connectivity index (χ0) is 17.6. The summed E-state index contributed by atoms with van der Waals surface area (Å²) >= 11 is 0. The molecule has 0 bridgehead atoms. The van der Waals surface area contributed by atoms with E-state index >= 15 is 0 Å². The molecule has 2 amide bonds. The summed E-state index contributed by atoms with van der Waals surface area (Å²) < 4.78 is 5.26. The molecule has 7 heteroatoms. The second-order valence-corrected chi connectivity index (χ2v) is 8.26. The summed E-state index contributed by atoms with van der Waals surface area (Å²) in [5, 5.41) is 12.1. The SMILES string of the molecule is CC(C)(C)OC(=O)N[C@H]1C[C@@H]2C[C@@H]2C[C@H]2CC[C@@H](C(=O)O)N2C1=O. The molecule has 0 aromatic heterocycles. The maximum atomic E-state index is 13.0. The number of carbonyl (C=O) groups excluding carboxylic acids is 2. The van der Waals surface area contributed by atoms with Gasteiger partial charge in [-0.3, -0.25) is 4.79 Å². The van der Waals surface area contributed by atoms with Gasteiger partial charge in [-0.2, -0.15) is 0 Å². The molecule has 7 nitrogen and oxygen atoms in total. The summed E-state index contributed by atoms with van der Waals surface area (Å²) in [6.45, 7) is 5.29. The number of amides is 2. The molecule has 0 aromatic rings. The minimum absolute atomic E-state index is 0.0168. The van der Waals surface area contributed by atoms with E-state index in [0.29, 0.717) is 24.7 Å². The molecule has 3 fully saturated rings. The van der Waals surface area contributed by atoms with E-state index in [9.17, 15) is 19.5 Å². The first-order chi connectivity index (χ1) is 11.2. The molecule has 5 atom stereocenters. The van der Waals surface area contributed by atoms with Crippen molar-refractivity contribution in [3.05, 3.63) is 0 Å². The van der Waals surface area contributed by atoms with Gasteiger partial charge in [0.1, 0.15) is 17.7 Å². The molecule has 2 aliphatic heterocycles. The van der Waals surface area contributed by atoms with Crippen LogP contribution in [0.5, 0.6) is 0 Å². The topological polar surface area (TPSA) is 95.9 Å². The van der Waals surface area contributed by atoms with E-state index in [1.165, 1.54) is 4.90 Å². The summed E-state index contributed by atoms with van der Waals surface area (Å²) in [6.07, 6.45) is 3.11. The standard InChI is InChI=1S/C17H26N2O5/c1-17(2,3)24-16(23)18-12-8-10-6-9(10)7-11-4-5-13(15(21)22)19(11)14(12)20/h9-13H,4-8H2,1-3H3,(H,18,23)(H,21,22)/t9-,10+,11-,12+,13+/m1/s1. The molecule has 2 saturated heterocycles. The number of nitrogens with zero attached hydrogens (tertiary/aromatic N) is 1. The number of fused-ring (bicyclic) bond motifs is 2. The van der Waals surface area contributed by atoms with Crippen LogP contribution in [0.4, 0.5) is 4.79 Å². The summed E-state index contributed by atoms with van der Waals surface area (Å²) in [5.74, 6) is -0.253. The first kappa shape index (κ1) is 17.0. The molecule has 2 heterocycles. The predicted molar refractivity (Wildman–Crippen MR) is 85.3 cm³/mol. The van der Waals surface area contributed by atoms with Crippen LogP contribution in [0.3, 0.4) is 0 Å². The largest absolute Gasteiger partial charge is 0.480 e. The average Bonchev–Trinajstić information content (AvgIpc) is 2.99. The minimum atomic E-state index is -0.963. The normalized spacial score (nSPS) is 35.4. The first-order valence-electron chi connectivity index (χ1n) is 8.70. The first-order valence-corrected chi connectivity index (χ1v) is 8.70. The number of carbonyl (C=O) groups is 3. The van der Waals surface area contributed by atoms with Crippen LogP contribution < -0.4 is 5.32 Å². The molecule has 1 aliphatic carbocycles. The van der Waals surface area contributed by atoms with Crippen LogP contribution in [0.25, 0.3) is 0 Å². The van der Waals surface area contributed by atoms with Gasteiger partial charge in [0.25, 0.3) is 0 Å². The molecule has 0 radical (unpaired) electrons. The predicted octanol–water partition coefficient (Wildman–Crippen LogP) is 1.75. The maximum absolute atomic E-state index is 13.0. The molecule has 0 spiro atoms. The Morgan fingerprint density at radius 3 is 2.46 bits per heavy atom. The molecule has 3 rings (SSSR count). The molecule has 134 valence electrons. The minimum Gasteiger partial charge on any atom is -0.480 e. The van der Waals surface area contributed by atoms with Gasteiger partial charge in [-0.05, 0) is 64.7 Å². The fourth-order valence-electron chi connectivity index (χ4n) is 4.08. The Balaban J connectivity index is 1.76. The number of alkyl carbamates (subject to hydrolysis) is 1. The number of carboxylic acids is 1. The summed E-state index contributed by atoms with van der Waals surface area (Å²) in [7, 11) is 0. The Kier molecular flexibility index (Phi) is 4.21. The lowest BCUT2D eigenvalue weighted by molar-refractivity contribution is -0.151. The van der Waals surface area contributed by atoms with Crippen LogP contribution in [0.15, 0.2) is 0 Å². The van der Waals surface area contributed by atoms with Crippen molar-refractivity contribution >= 4 is 18.0 Å². The second kappa shape index (κ2) is 5.93. The molecule has 1 saturated carbocycles. The van der Waals surface area contributed by atoms with Crippen molar-refractivity contribution in [3.63, 3.8) is 0 Å². The third-order valence-corrected chi connectivity index (χ3v) is 5.21. The van der Waals surface area contributed by atoms with Crippen molar-refractivity contribution in [1.82, 2.24) is 10.2 Å². The average molecular weight is 338 g/mol. The van der Waals surface area contributed by atoms with Crippen LogP contribution in [0.1, 0.15) is 52.9 Å². The van der Waals surface area contributed by atoms with Crippen LogP contribution in [0, 0.1) is 11.8 Å². The Labute approximate surface area is 141 Å². The van der Waals surface area contributed by atoms with Crippen LogP contribution in [-0.4, -0.2) is 51.7 Å². The van der Waals surface area contributed by atoms with Crippen molar-refractivity contribution in [3.8, 4) is 0 Å². The summed E-state index contributed by atoms with van der Waals surface area (Å²) in [4.78, 5) is 38.0. The molecular weight excluding hydrogens is 312 g/mol. The molecule has 2 N–H and O–H groups in total. The highest BCUT2D eigenvalue weighted by molar-refractivity contribution is 5.90. The van der Waals surface area contributed by atoms with E-state index in [0.717, 1.165) is 19.3 Å². The lowest BCUT2D eigenvalue weighted by Gasteiger charge is -2.34. The fraction of sp³-hybridized carbons (Fsp3) is 0.824. The third-order valence-electron chi connectivity index (χ3n) is 5.21. The van der Waals surface area contributed by atoms with Crippen molar-refractivity contribution in [2.24, 2.45) is 11.8 Å². The maximum Gasteiger partial charge on any atom is 0.408 e. The Morgan fingerprint density at radius 2 is 1.83 bits per heavy atom. The zero-order valence-electron chi connectivity index (χ0n) is 14.4. The number of rotatable bonds is 2. The smallest absolute Gasteiger partial charge is 0.408 e. The lowest BCUT2D eigenvalue weighted by atomic mass is 9.99. The fourth-order valence-corrected chi connectivity index (χ4v) is 4.08. The van der Waals surface area contributed by atoms with Crippen molar-refractivity contribution in [1.29, 1.82) is 0 Å². The number of hydrogen-bond donors (Lipinski definition) is 2. The number of carboxylic acid groups (broad SMARTS) is 1. The number of nitrogens with one attached hydrogen (secondary N) is 1. The van der Waals surface area contributed by atoms with Crippen LogP contribution in [0.2, 0.25) is 0 Å². The van der Waals surface area contributed by atoms with E-state index in [4.69, 9.17) is 4.74 Å². The van der Waals surface area contributed by atoms with E-state index in [-0.39, 0.29) is 11.9 Å². The Morgan fingerprint density at radius 1 is 1.17 bits per heavy atom. The van der Waals surface area contributed by atoms with Gasteiger partial charge in [0.2, 0.25) is 5.91 Å². The summed E-state index contributed by atoms with van der Waals surface area (Å²) in [5.41, 5.74) is -0.642. The van der Waals surface area contributed by atoms with Gasteiger partial charge in [-0.25, -0.2) is 9.59 Å². The van der Waals surface area contributed by atoms with E-state index < -0.39 is 29.7 Å². The highest BCUT2D eigenvalue weighted by Crippen LogP contribution is 2.49. The third kappa shape index (κ3) is 3.49. The lowest BCUT2D eigenvalue weighted by Crippen LogP contribution is -2.55. The van der Waals surface area contributed by atoms with E-state index in [1.54, 1.807) is 20.8 Å². The van der Waals surface area contributed by atoms with Gasteiger partial charge < -0.3 is 20.1 Å². The Bertz CT molecular complexity index is 556. The quantitative estimate of drug-likeness (QED) is 0.800. The van der Waals surface area contributed by atoms with Crippen molar-refractivity contribution in [2.75, 3.05) is 0 Å². The van der Waals surface area contributed by atoms with Gasteiger partial charge in [0.15, 0.2) is 0 Å². The molecule has 24 heavy (non-hydrogen) atoms. The number of aliphatic carboxylic acids is 1. The molecule has 3 aliphatic rings. The van der Waals surface area contributed by atoms with Gasteiger partial charge in [-0.1, -0.05) is 0 Å². The molecule has 0 aromatic carbocycles. The monoisotopic (exact) mass is 338 g/mol.